The lowest BCUT2D eigenvalue weighted by atomic mass is 10.0. The molecule has 0 saturated carbocycles. The van der Waals surface area contributed by atoms with Gasteiger partial charge in [0.2, 0.25) is 0 Å². The Labute approximate surface area is 149 Å². The molecule has 0 aliphatic rings. The highest BCUT2D eigenvalue weighted by Crippen LogP contribution is 2.26. The Bertz CT molecular complexity index is 909. The summed E-state index contributed by atoms with van der Waals surface area (Å²) in [7, 11) is -0.349. The van der Waals surface area contributed by atoms with Gasteiger partial charge in [0.05, 0.1) is 0 Å². The first kappa shape index (κ1) is 15.1. The predicted molar refractivity (Wildman–Crippen MR) is 109 cm³/mol. The maximum atomic E-state index is 2.31. The molecule has 4 rings (SSSR count). The van der Waals surface area contributed by atoms with Crippen molar-refractivity contribution in [2.75, 3.05) is 0 Å². The summed E-state index contributed by atoms with van der Waals surface area (Å²) in [5.74, 6) is 0. The standard InChI is InChI=1S/C22H18SSi/c1-3-7-17(8-4-1)18-11-13-19(14-12-18)21-15-16-22(23-21)24-20-9-5-2-6-10-20/h1-16H,24H2. The normalized spacial score (nSPS) is 11.2. The van der Waals surface area contributed by atoms with Gasteiger partial charge in [-0.3, -0.25) is 0 Å². The molecule has 0 spiro atoms. The summed E-state index contributed by atoms with van der Waals surface area (Å²) in [6.07, 6.45) is 0. The average Bonchev–Trinajstić information content (AvgIpc) is 3.12. The summed E-state index contributed by atoms with van der Waals surface area (Å²) in [5, 5.41) is 1.50. The lowest BCUT2D eigenvalue weighted by molar-refractivity contribution is 1.62. The van der Waals surface area contributed by atoms with E-state index in [9.17, 15) is 0 Å². The van der Waals surface area contributed by atoms with Gasteiger partial charge in [-0.05, 0) is 27.3 Å². The molecule has 0 radical (unpaired) electrons. The van der Waals surface area contributed by atoms with Crippen LogP contribution in [0, 0.1) is 0 Å². The molecule has 0 aliphatic heterocycles. The fourth-order valence-electron chi connectivity index (χ4n) is 2.88. The molecule has 0 amide bonds. The van der Waals surface area contributed by atoms with Crippen molar-refractivity contribution in [1.82, 2.24) is 0 Å². The van der Waals surface area contributed by atoms with Crippen molar-refractivity contribution in [2.45, 2.75) is 0 Å². The van der Waals surface area contributed by atoms with E-state index in [1.807, 2.05) is 11.3 Å². The van der Waals surface area contributed by atoms with Crippen LogP contribution >= 0.6 is 11.3 Å². The van der Waals surface area contributed by atoms with E-state index >= 15 is 0 Å². The Morgan fingerprint density at radius 1 is 0.500 bits per heavy atom. The Balaban J connectivity index is 1.54. The zero-order valence-corrected chi connectivity index (χ0v) is 15.6. The molecule has 24 heavy (non-hydrogen) atoms. The van der Waals surface area contributed by atoms with Gasteiger partial charge in [-0.25, -0.2) is 0 Å². The first-order valence-corrected chi connectivity index (χ1v) is 10.4. The number of thiophene rings is 1. The smallest absolute Gasteiger partial charge is 0.100 e. The summed E-state index contributed by atoms with van der Waals surface area (Å²) < 4.78 is 1.54. The fourth-order valence-corrected chi connectivity index (χ4v) is 6.09. The van der Waals surface area contributed by atoms with Gasteiger partial charge in [0.15, 0.2) is 0 Å². The van der Waals surface area contributed by atoms with Crippen LogP contribution in [-0.2, 0) is 0 Å². The fraction of sp³-hybridized carbons (Fsp3) is 0. The highest BCUT2D eigenvalue weighted by Gasteiger charge is 2.05. The monoisotopic (exact) mass is 342 g/mol. The summed E-state index contributed by atoms with van der Waals surface area (Å²) in [5.41, 5.74) is 3.86. The van der Waals surface area contributed by atoms with E-state index in [0.717, 1.165) is 0 Å². The van der Waals surface area contributed by atoms with Crippen molar-refractivity contribution in [3.05, 3.63) is 97.1 Å². The van der Waals surface area contributed by atoms with Gasteiger partial charge in [-0.1, -0.05) is 96.2 Å². The van der Waals surface area contributed by atoms with Gasteiger partial charge in [0.1, 0.15) is 9.52 Å². The minimum Gasteiger partial charge on any atom is -0.145 e. The number of rotatable bonds is 4. The molecule has 0 N–H and O–H groups in total. The zero-order valence-electron chi connectivity index (χ0n) is 13.4. The Kier molecular flexibility index (Phi) is 4.41. The van der Waals surface area contributed by atoms with E-state index in [4.69, 9.17) is 0 Å². The van der Waals surface area contributed by atoms with Crippen molar-refractivity contribution >= 4 is 30.5 Å². The van der Waals surface area contributed by atoms with Crippen molar-refractivity contribution in [2.24, 2.45) is 0 Å². The minimum absolute atomic E-state index is 0.349. The van der Waals surface area contributed by atoms with Gasteiger partial charge in [-0.15, -0.1) is 11.3 Å². The van der Waals surface area contributed by atoms with Crippen LogP contribution in [0.15, 0.2) is 97.1 Å². The van der Waals surface area contributed by atoms with Gasteiger partial charge >= 0.3 is 0 Å². The van der Waals surface area contributed by atoms with Gasteiger partial charge in [-0.2, -0.15) is 0 Å². The second-order valence-electron chi connectivity index (χ2n) is 5.87. The van der Waals surface area contributed by atoms with E-state index < -0.39 is 0 Å². The van der Waals surface area contributed by atoms with Crippen LogP contribution in [0.1, 0.15) is 0 Å². The van der Waals surface area contributed by atoms with Crippen LogP contribution in [0.4, 0.5) is 0 Å². The van der Waals surface area contributed by atoms with Crippen LogP contribution in [0.2, 0.25) is 0 Å². The van der Waals surface area contributed by atoms with Crippen LogP contribution in [0.3, 0.4) is 0 Å². The average molecular weight is 343 g/mol. The summed E-state index contributed by atoms with van der Waals surface area (Å²) in [6.45, 7) is 0. The molecule has 116 valence electrons. The topological polar surface area (TPSA) is 0 Å². The molecule has 4 aromatic rings. The lowest BCUT2D eigenvalue weighted by Crippen LogP contribution is -2.23. The highest BCUT2D eigenvalue weighted by molar-refractivity contribution is 7.25. The van der Waals surface area contributed by atoms with Crippen LogP contribution in [-0.4, -0.2) is 9.52 Å². The molecule has 0 fully saturated rings. The molecule has 3 aromatic carbocycles. The van der Waals surface area contributed by atoms with Crippen molar-refractivity contribution in [3.8, 4) is 21.6 Å². The van der Waals surface area contributed by atoms with E-state index in [1.54, 1.807) is 4.50 Å². The second kappa shape index (κ2) is 6.99. The third-order valence-electron chi connectivity index (χ3n) is 4.16. The number of hydrogen-bond acceptors (Lipinski definition) is 1. The third kappa shape index (κ3) is 3.40. The van der Waals surface area contributed by atoms with Crippen molar-refractivity contribution in [1.29, 1.82) is 0 Å². The maximum absolute atomic E-state index is 2.31. The molecule has 0 unspecified atom stereocenters. The number of benzene rings is 3. The third-order valence-corrected chi connectivity index (χ3v) is 7.48. The van der Waals surface area contributed by atoms with E-state index in [1.165, 1.54) is 26.8 Å². The quantitative estimate of drug-likeness (QED) is 0.488. The molecular weight excluding hydrogens is 324 g/mol. The largest absolute Gasteiger partial charge is 0.145 e. The van der Waals surface area contributed by atoms with Crippen LogP contribution in [0.25, 0.3) is 21.6 Å². The molecule has 0 nitrogen and oxygen atoms in total. The molecule has 0 bridgehead atoms. The lowest BCUT2D eigenvalue weighted by Gasteiger charge is -2.03. The van der Waals surface area contributed by atoms with E-state index in [0.29, 0.717) is 0 Å². The minimum atomic E-state index is -0.349. The molecule has 2 heteroatoms. The van der Waals surface area contributed by atoms with Crippen LogP contribution < -0.4 is 9.69 Å². The summed E-state index contributed by atoms with van der Waals surface area (Å²) >= 11 is 1.94. The van der Waals surface area contributed by atoms with Gasteiger partial charge in [0, 0.05) is 4.88 Å². The molecule has 0 aliphatic carbocycles. The van der Waals surface area contributed by atoms with Gasteiger partial charge in [0.25, 0.3) is 0 Å². The predicted octanol–water partition coefficient (Wildman–Crippen LogP) is 4.20. The van der Waals surface area contributed by atoms with E-state index in [2.05, 4.69) is 97.1 Å². The Morgan fingerprint density at radius 2 is 1.08 bits per heavy atom. The van der Waals surface area contributed by atoms with Crippen LogP contribution in [0.5, 0.6) is 0 Å². The molecule has 0 saturated heterocycles. The Morgan fingerprint density at radius 3 is 1.79 bits per heavy atom. The zero-order chi connectivity index (χ0) is 16.2. The molecule has 1 heterocycles. The Hall–Kier alpha value is -2.42. The molecule has 0 atom stereocenters. The molecule has 1 aromatic heterocycles. The molecular formula is C22H18SSi. The number of hydrogen-bond donors (Lipinski definition) is 0. The highest BCUT2D eigenvalue weighted by atomic mass is 32.1. The summed E-state index contributed by atoms with van der Waals surface area (Å²) in [4.78, 5) is 1.37. The van der Waals surface area contributed by atoms with Crippen molar-refractivity contribution < 1.29 is 0 Å². The SMILES string of the molecule is c1ccc([SiH2]c2ccc(-c3ccc(-c4ccccc4)cc3)s2)cc1. The maximum Gasteiger partial charge on any atom is 0.100 e. The van der Waals surface area contributed by atoms with E-state index in [-0.39, 0.29) is 9.52 Å². The van der Waals surface area contributed by atoms with Crippen molar-refractivity contribution in [3.63, 3.8) is 0 Å². The first-order chi connectivity index (χ1) is 11.9. The summed E-state index contributed by atoms with van der Waals surface area (Å²) in [6, 6.07) is 34.9. The van der Waals surface area contributed by atoms with Gasteiger partial charge < -0.3 is 0 Å². The first-order valence-electron chi connectivity index (χ1n) is 8.17. The second-order valence-corrected chi connectivity index (χ2v) is 9.48.